The first-order chi connectivity index (χ1) is 9.04. The second-order valence-corrected chi connectivity index (χ2v) is 6.49. The molecule has 1 aromatic heterocycles. The average Bonchev–Trinajstić information content (AvgIpc) is 2.99. The maximum absolute atomic E-state index is 12.2. The highest BCUT2D eigenvalue weighted by Crippen LogP contribution is 2.16. The van der Waals surface area contributed by atoms with Crippen molar-refractivity contribution in [2.45, 2.75) is 45.7 Å². The van der Waals surface area contributed by atoms with Gasteiger partial charge in [-0.25, -0.2) is 9.67 Å². The molecule has 1 saturated heterocycles. The summed E-state index contributed by atoms with van der Waals surface area (Å²) >= 11 is 0. The van der Waals surface area contributed by atoms with E-state index in [0.717, 1.165) is 25.8 Å². The molecular formula is C11H21N5O2S. The van der Waals surface area contributed by atoms with Crippen molar-refractivity contribution in [2.75, 3.05) is 13.1 Å². The minimum atomic E-state index is -3.41. The van der Waals surface area contributed by atoms with E-state index >= 15 is 0 Å². The molecule has 0 saturated carbocycles. The maximum Gasteiger partial charge on any atom is 0.280 e. The van der Waals surface area contributed by atoms with Crippen LogP contribution in [0.3, 0.4) is 0 Å². The van der Waals surface area contributed by atoms with Crippen LogP contribution in [0.15, 0.2) is 6.33 Å². The van der Waals surface area contributed by atoms with Crippen LogP contribution >= 0.6 is 0 Å². The quantitative estimate of drug-likeness (QED) is 0.834. The van der Waals surface area contributed by atoms with E-state index in [1.807, 2.05) is 6.92 Å². The van der Waals surface area contributed by atoms with E-state index in [0.29, 0.717) is 18.9 Å². The van der Waals surface area contributed by atoms with Crippen LogP contribution < -0.4 is 4.72 Å². The van der Waals surface area contributed by atoms with Crippen molar-refractivity contribution < 1.29 is 8.42 Å². The lowest BCUT2D eigenvalue weighted by Gasteiger charge is -2.20. The smallest absolute Gasteiger partial charge is 0.249 e. The van der Waals surface area contributed by atoms with Gasteiger partial charge in [-0.05, 0) is 26.2 Å². The van der Waals surface area contributed by atoms with Crippen LogP contribution in [0.25, 0.3) is 0 Å². The molecule has 7 nitrogen and oxygen atoms in total. The summed E-state index contributed by atoms with van der Waals surface area (Å²) in [6.45, 7) is 5.78. The van der Waals surface area contributed by atoms with E-state index in [-0.39, 0.29) is 6.04 Å². The summed E-state index contributed by atoms with van der Waals surface area (Å²) in [6.07, 6.45) is 4.26. The molecule has 0 aliphatic carbocycles. The van der Waals surface area contributed by atoms with Crippen LogP contribution in [0.1, 0.15) is 45.0 Å². The van der Waals surface area contributed by atoms with Gasteiger partial charge in [-0.1, -0.05) is 6.92 Å². The van der Waals surface area contributed by atoms with Crippen LogP contribution in [-0.2, 0) is 16.8 Å². The lowest BCUT2D eigenvalue weighted by Crippen LogP contribution is -2.40. The first-order valence-electron chi connectivity index (χ1n) is 6.69. The van der Waals surface area contributed by atoms with E-state index in [4.69, 9.17) is 0 Å². The Kier molecular flexibility index (Phi) is 4.54. The van der Waals surface area contributed by atoms with Gasteiger partial charge >= 0.3 is 0 Å². The van der Waals surface area contributed by atoms with Gasteiger partial charge in [0.15, 0.2) is 0 Å². The largest absolute Gasteiger partial charge is 0.280 e. The Morgan fingerprint density at radius 1 is 1.42 bits per heavy atom. The molecule has 1 aliphatic rings. The molecule has 0 bridgehead atoms. The highest BCUT2D eigenvalue weighted by atomic mass is 32.2. The summed E-state index contributed by atoms with van der Waals surface area (Å²) in [5.41, 5.74) is 0. The van der Waals surface area contributed by atoms with Gasteiger partial charge < -0.3 is 0 Å². The zero-order valence-electron chi connectivity index (χ0n) is 11.4. The summed E-state index contributed by atoms with van der Waals surface area (Å²) < 4.78 is 30.2. The molecule has 1 aromatic rings. The van der Waals surface area contributed by atoms with Gasteiger partial charge in [-0.2, -0.15) is 22.5 Å². The predicted octanol–water partition coefficient (Wildman–Crippen LogP) is 0.679. The first-order valence-corrected chi connectivity index (χ1v) is 8.13. The number of hydrogen-bond acceptors (Lipinski definition) is 4. The Morgan fingerprint density at radius 2 is 2.11 bits per heavy atom. The van der Waals surface area contributed by atoms with Crippen molar-refractivity contribution >= 4 is 10.2 Å². The molecule has 0 spiro atoms. The average molecular weight is 287 g/mol. The van der Waals surface area contributed by atoms with Gasteiger partial charge in [0.05, 0.1) is 6.04 Å². The fraction of sp³-hybridized carbons (Fsp3) is 0.818. The Bertz CT molecular complexity index is 507. The monoisotopic (exact) mass is 287 g/mol. The van der Waals surface area contributed by atoms with Gasteiger partial charge in [-0.3, -0.25) is 0 Å². The molecule has 8 heteroatoms. The fourth-order valence-corrected chi connectivity index (χ4v) is 3.71. The van der Waals surface area contributed by atoms with Crippen LogP contribution in [0.5, 0.6) is 0 Å². The standard InChI is InChI=1S/C11H21N5O2S/c1-3-6-16-11(12-9-13-16)10(2)14-19(17,18)15-7-4-5-8-15/h9-10,14H,3-8H2,1-2H3/t10-/m1/s1. The second-order valence-electron chi connectivity index (χ2n) is 4.79. The van der Waals surface area contributed by atoms with E-state index in [1.54, 1.807) is 11.6 Å². The normalized spacial score (nSPS) is 18.8. The fourth-order valence-electron chi connectivity index (χ4n) is 2.27. The van der Waals surface area contributed by atoms with Gasteiger partial charge in [-0.15, -0.1) is 0 Å². The molecule has 1 atom stereocenters. The number of nitrogens with zero attached hydrogens (tertiary/aromatic N) is 4. The van der Waals surface area contributed by atoms with Crippen molar-refractivity contribution in [3.05, 3.63) is 12.2 Å². The molecule has 108 valence electrons. The van der Waals surface area contributed by atoms with Gasteiger partial charge in [0.1, 0.15) is 12.2 Å². The third kappa shape index (κ3) is 3.31. The van der Waals surface area contributed by atoms with Crippen molar-refractivity contribution in [2.24, 2.45) is 0 Å². The molecule has 0 unspecified atom stereocenters. The molecule has 0 radical (unpaired) electrons. The Hall–Kier alpha value is -0.990. The predicted molar refractivity (Wildman–Crippen MR) is 71.6 cm³/mol. The SMILES string of the molecule is CCCn1ncnc1[C@@H](C)NS(=O)(=O)N1CCCC1. The van der Waals surface area contributed by atoms with Gasteiger partial charge in [0.25, 0.3) is 10.2 Å². The highest BCUT2D eigenvalue weighted by molar-refractivity contribution is 7.87. The third-order valence-corrected chi connectivity index (χ3v) is 4.90. The minimum absolute atomic E-state index is 0.375. The zero-order chi connectivity index (χ0) is 13.9. The Morgan fingerprint density at radius 3 is 2.74 bits per heavy atom. The van der Waals surface area contributed by atoms with Crippen LogP contribution in [-0.4, -0.2) is 40.6 Å². The molecule has 2 rings (SSSR count). The third-order valence-electron chi connectivity index (χ3n) is 3.20. The van der Waals surface area contributed by atoms with Crippen molar-refractivity contribution in [1.82, 2.24) is 23.8 Å². The summed E-state index contributed by atoms with van der Waals surface area (Å²) in [7, 11) is -3.41. The lowest BCUT2D eigenvalue weighted by atomic mass is 10.3. The molecule has 19 heavy (non-hydrogen) atoms. The van der Waals surface area contributed by atoms with Gasteiger partial charge in [0.2, 0.25) is 0 Å². The van der Waals surface area contributed by atoms with E-state index in [9.17, 15) is 8.42 Å². The topological polar surface area (TPSA) is 80.1 Å². The molecule has 1 fully saturated rings. The summed E-state index contributed by atoms with van der Waals surface area (Å²) in [4.78, 5) is 4.15. The molecule has 0 aromatic carbocycles. The van der Waals surface area contributed by atoms with Crippen molar-refractivity contribution in [3.63, 3.8) is 0 Å². The first kappa shape index (κ1) is 14.4. The van der Waals surface area contributed by atoms with E-state index < -0.39 is 10.2 Å². The van der Waals surface area contributed by atoms with E-state index in [1.165, 1.54) is 10.6 Å². The number of aryl methyl sites for hydroxylation is 1. The summed E-state index contributed by atoms with van der Waals surface area (Å²) in [6, 6.07) is -0.375. The van der Waals surface area contributed by atoms with Gasteiger partial charge in [0, 0.05) is 19.6 Å². The van der Waals surface area contributed by atoms with Crippen molar-refractivity contribution in [1.29, 1.82) is 0 Å². The minimum Gasteiger partial charge on any atom is -0.249 e. The summed E-state index contributed by atoms with van der Waals surface area (Å²) in [5.74, 6) is 0.657. The maximum atomic E-state index is 12.2. The Labute approximate surface area is 114 Å². The molecule has 0 amide bonds. The molecule has 1 N–H and O–H groups in total. The molecule has 1 aliphatic heterocycles. The van der Waals surface area contributed by atoms with Crippen molar-refractivity contribution in [3.8, 4) is 0 Å². The lowest BCUT2D eigenvalue weighted by molar-refractivity contribution is 0.448. The summed E-state index contributed by atoms with van der Waals surface area (Å²) in [5, 5.41) is 4.11. The number of rotatable bonds is 6. The molecule has 2 heterocycles. The molecular weight excluding hydrogens is 266 g/mol. The second kappa shape index (κ2) is 5.98. The number of hydrogen-bond donors (Lipinski definition) is 1. The van der Waals surface area contributed by atoms with Crippen LogP contribution in [0.2, 0.25) is 0 Å². The van der Waals surface area contributed by atoms with Crippen LogP contribution in [0.4, 0.5) is 0 Å². The zero-order valence-corrected chi connectivity index (χ0v) is 12.2. The van der Waals surface area contributed by atoms with Crippen LogP contribution in [0, 0.1) is 0 Å². The number of aromatic nitrogens is 3. The number of nitrogens with one attached hydrogen (secondary N) is 1. The van der Waals surface area contributed by atoms with E-state index in [2.05, 4.69) is 14.8 Å². The Balaban J connectivity index is 2.07. The highest BCUT2D eigenvalue weighted by Gasteiger charge is 2.28.